The van der Waals surface area contributed by atoms with E-state index in [1.807, 2.05) is 12.1 Å². The van der Waals surface area contributed by atoms with Crippen LogP contribution in [0.4, 0.5) is 0 Å². The first-order valence-electron chi connectivity index (χ1n) is 4.16. The fraction of sp³-hybridized carbons (Fsp3) is 0.100. The smallest absolute Gasteiger partial charge is 0.212 e. The lowest BCUT2D eigenvalue weighted by atomic mass is 10.2. The third-order valence-electron chi connectivity index (χ3n) is 1.82. The third-order valence-corrected chi connectivity index (χ3v) is 1.82. The number of ether oxygens (including phenoxy) is 1. The third kappa shape index (κ3) is 1.69. The molecule has 2 rings (SSSR count). The summed E-state index contributed by atoms with van der Waals surface area (Å²) in [5, 5.41) is 0. The molecule has 0 unspecified atom stereocenters. The Morgan fingerprint density at radius 3 is 2.64 bits per heavy atom. The summed E-state index contributed by atoms with van der Waals surface area (Å²) in [7, 11) is 1.59. The lowest BCUT2D eigenvalue weighted by Crippen LogP contribution is -1.88. The molecule has 0 aliphatic heterocycles. The molecular formula is C10H9N3O. The molecule has 70 valence electrons. The molecule has 2 aromatic rings. The van der Waals surface area contributed by atoms with Crippen molar-refractivity contribution in [2.45, 2.75) is 0 Å². The fourth-order valence-electron chi connectivity index (χ4n) is 1.11. The van der Waals surface area contributed by atoms with Gasteiger partial charge in [-0.25, -0.2) is 15.0 Å². The van der Waals surface area contributed by atoms with Crippen LogP contribution in [0, 0.1) is 0 Å². The molecule has 14 heavy (non-hydrogen) atoms. The SMILES string of the molecule is COc1ccc(-c2ccncn2)cn1. The Kier molecular flexibility index (Phi) is 2.36. The van der Waals surface area contributed by atoms with Crippen LogP contribution >= 0.6 is 0 Å². The molecule has 0 saturated carbocycles. The molecule has 0 N–H and O–H groups in total. The van der Waals surface area contributed by atoms with E-state index in [0.717, 1.165) is 11.3 Å². The van der Waals surface area contributed by atoms with Crippen LogP contribution in [0.2, 0.25) is 0 Å². The van der Waals surface area contributed by atoms with Crippen molar-refractivity contribution in [1.29, 1.82) is 0 Å². The molecule has 0 spiro atoms. The van der Waals surface area contributed by atoms with Crippen LogP contribution < -0.4 is 4.74 Å². The monoisotopic (exact) mass is 187 g/mol. The van der Waals surface area contributed by atoms with Crippen LogP contribution in [-0.2, 0) is 0 Å². The molecule has 2 aromatic heterocycles. The number of aromatic nitrogens is 3. The number of methoxy groups -OCH3 is 1. The molecule has 0 aromatic carbocycles. The van der Waals surface area contributed by atoms with Gasteiger partial charge in [0.25, 0.3) is 0 Å². The van der Waals surface area contributed by atoms with Crippen molar-refractivity contribution in [3.8, 4) is 17.1 Å². The number of nitrogens with zero attached hydrogens (tertiary/aromatic N) is 3. The number of pyridine rings is 1. The predicted molar refractivity (Wildman–Crippen MR) is 51.8 cm³/mol. The molecule has 2 heterocycles. The van der Waals surface area contributed by atoms with E-state index in [2.05, 4.69) is 15.0 Å². The summed E-state index contributed by atoms with van der Waals surface area (Å²) in [4.78, 5) is 12.1. The first-order valence-corrected chi connectivity index (χ1v) is 4.16. The van der Waals surface area contributed by atoms with Gasteiger partial charge in [0.15, 0.2) is 0 Å². The molecule has 0 radical (unpaired) electrons. The van der Waals surface area contributed by atoms with Crippen molar-refractivity contribution in [3.05, 3.63) is 36.9 Å². The molecule has 0 amide bonds. The quantitative estimate of drug-likeness (QED) is 0.715. The van der Waals surface area contributed by atoms with Gasteiger partial charge < -0.3 is 4.74 Å². The van der Waals surface area contributed by atoms with Gasteiger partial charge in [-0.1, -0.05) is 0 Å². The molecule has 4 heteroatoms. The highest BCUT2D eigenvalue weighted by Crippen LogP contribution is 2.16. The summed E-state index contributed by atoms with van der Waals surface area (Å²) in [5.41, 5.74) is 1.81. The van der Waals surface area contributed by atoms with Crippen molar-refractivity contribution in [3.63, 3.8) is 0 Å². The van der Waals surface area contributed by atoms with Gasteiger partial charge >= 0.3 is 0 Å². The second-order valence-electron chi connectivity index (χ2n) is 2.68. The van der Waals surface area contributed by atoms with Gasteiger partial charge in [0.05, 0.1) is 12.8 Å². The topological polar surface area (TPSA) is 47.9 Å². The van der Waals surface area contributed by atoms with Gasteiger partial charge in [0.1, 0.15) is 6.33 Å². The van der Waals surface area contributed by atoms with E-state index in [1.54, 1.807) is 25.6 Å². The summed E-state index contributed by atoms with van der Waals surface area (Å²) >= 11 is 0. The Labute approximate surface area is 81.6 Å². The Balaban J connectivity index is 2.34. The van der Waals surface area contributed by atoms with Crippen LogP contribution in [-0.4, -0.2) is 22.1 Å². The normalized spacial score (nSPS) is 9.79. The van der Waals surface area contributed by atoms with Crippen molar-refractivity contribution in [1.82, 2.24) is 15.0 Å². The van der Waals surface area contributed by atoms with E-state index in [-0.39, 0.29) is 0 Å². The van der Waals surface area contributed by atoms with Crippen molar-refractivity contribution in [2.24, 2.45) is 0 Å². The average Bonchev–Trinajstić information content (AvgIpc) is 2.30. The second kappa shape index (κ2) is 3.83. The highest BCUT2D eigenvalue weighted by molar-refractivity contribution is 5.57. The molecule has 0 bridgehead atoms. The molecule has 0 fully saturated rings. The van der Waals surface area contributed by atoms with Gasteiger partial charge in [-0.3, -0.25) is 0 Å². The first kappa shape index (κ1) is 8.62. The highest BCUT2D eigenvalue weighted by atomic mass is 16.5. The van der Waals surface area contributed by atoms with Crippen molar-refractivity contribution >= 4 is 0 Å². The van der Waals surface area contributed by atoms with Crippen molar-refractivity contribution in [2.75, 3.05) is 7.11 Å². The van der Waals surface area contributed by atoms with E-state index in [0.29, 0.717) is 5.88 Å². The van der Waals surface area contributed by atoms with Crippen LogP contribution in [0.3, 0.4) is 0 Å². The fourth-order valence-corrected chi connectivity index (χ4v) is 1.11. The lowest BCUT2D eigenvalue weighted by Gasteiger charge is -2.00. The Morgan fingerprint density at radius 2 is 2.07 bits per heavy atom. The van der Waals surface area contributed by atoms with E-state index in [4.69, 9.17) is 4.74 Å². The van der Waals surface area contributed by atoms with Gasteiger partial charge in [-0.05, 0) is 12.1 Å². The molecule has 0 aliphatic carbocycles. The van der Waals surface area contributed by atoms with Crippen LogP contribution in [0.15, 0.2) is 36.9 Å². The number of hydrogen-bond acceptors (Lipinski definition) is 4. The zero-order valence-corrected chi connectivity index (χ0v) is 7.71. The summed E-state index contributed by atoms with van der Waals surface area (Å²) in [6.07, 6.45) is 4.94. The Bertz CT molecular complexity index is 399. The minimum absolute atomic E-state index is 0.600. The van der Waals surface area contributed by atoms with Gasteiger partial charge in [-0.2, -0.15) is 0 Å². The Morgan fingerprint density at radius 1 is 1.14 bits per heavy atom. The van der Waals surface area contributed by atoms with E-state index >= 15 is 0 Å². The molecule has 0 saturated heterocycles. The van der Waals surface area contributed by atoms with Crippen LogP contribution in [0.25, 0.3) is 11.3 Å². The minimum atomic E-state index is 0.600. The Hall–Kier alpha value is -1.97. The molecule has 0 atom stereocenters. The second-order valence-corrected chi connectivity index (χ2v) is 2.68. The van der Waals surface area contributed by atoms with E-state index in [1.165, 1.54) is 6.33 Å². The zero-order chi connectivity index (χ0) is 9.80. The highest BCUT2D eigenvalue weighted by Gasteiger charge is 1.98. The van der Waals surface area contributed by atoms with Gasteiger partial charge in [0.2, 0.25) is 5.88 Å². The number of hydrogen-bond donors (Lipinski definition) is 0. The summed E-state index contributed by atoms with van der Waals surface area (Å²) in [5.74, 6) is 0.600. The summed E-state index contributed by atoms with van der Waals surface area (Å²) in [6, 6.07) is 5.55. The minimum Gasteiger partial charge on any atom is -0.481 e. The standard InChI is InChI=1S/C10H9N3O/c1-14-10-3-2-8(6-12-10)9-4-5-11-7-13-9/h2-7H,1H3. The van der Waals surface area contributed by atoms with Crippen LogP contribution in [0.5, 0.6) is 5.88 Å². The van der Waals surface area contributed by atoms with E-state index in [9.17, 15) is 0 Å². The zero-order valence-electron chi connectivity index (χ0n) is 7.71. The molecule has 4 nitrogen and oxygen atoms in total. The first-order chi connectivity index (χ1) is 6.90. The van der Waals surface area contributed by atoms with Crippen LogP contribution in [0.1, 0.15) is 0 Å². The van der Waals surface area contributed by atoms with E-state index < -0.39 is 0 Å². The maximum Gasteiger partial charge on any atom is 0.212 e. The lowest BCUT2D eigenvalue weighted by molar-refractivity contribution is 0.398. The maximum atomic E-state index is 4.96. The summed E-state index contributed by atoms with van der Waals surface area (Å²) < 4.78 is 4.96. The molecule has 0 aliphatic rings. The maximum absolute atomic E-state index is 4.96. The summed E-state index contributed by atoms with van der Waals surface area (Å²) in [6.45, 7) is 0. The van der Waals surface area contributed by atoms with Crippen molar-refractivity contribution < 1.29 is 4.74 Å². The van der Waals surface area contributed by atoms with Gasteiger partial charge in [-0.15, -0.1) is 0 Å². The number of rotatable bonds is 2. The molecular weight excluding hydrogens is 178 g/mol. The largest absolute Gasteiger partial charge is 0.481 e. The predicted octanol–water partition coefficient (Wildman–Crippen LogP) is 1.55. The van der Waals surface area contributed by atoms with Gasteiger partial charge in [0, 0.05) is 24.0 Å². The average molecular weight is 187 g/mol.